The van der Waals surface area contributed by atoms with Crippen molar-refractivity contribution in [3.05, 3.63) is 101 Å². The van der Waals surface area contributed by atoms with Gasteiger partial charge in [0.05, 0.1) is 30.6 Å². The zero-order valence-corrected chi connectivity index (χ0v) is 22.7. The average molecular weight is 553 g/mol. The van der Waals surface area contributed by atoms with Crippen LogP contribution in [0.4, 0.5) is 4.39 Å². The van der Waals surface area contributed by atoms with Crippen molar-refractivity contribution in [2.24, 2.45) is 5.92 Å². The van der Waals surface area contributed by atoms with E-state index in [1.807, 2.05) is 16.9 Å². The molecular formula is C30H33FN2O5S. The lowest BCUT2D eigenvalue weighted by atomic mass is 9.90. The summed E-state index contributed by atoms with van der Waals surface area (Å²) in [4.78, 5) is 15.0. The molecule has 0 spiro atoms. The monoisotopic (exact) mass is 552 g/mol. The summed E-state index contributed by atoms with van der Waals surface area (Å²) >= 11 is 0. The van der Waals surface area contributed by atoms with Crippen LogP contribution >= 0.6 is 0 Å². The molecule has 5 rings (SSSR count). The van der Waals surface area contributed by atoms with Gasteiger partial charge in [-0.15, -0.1) is 0 Å². The molecule has 39 heavy (non-hydrogen) atoms. The molecule has 1 aliphatic heterocycles. The van der Waals surface area contributed by atoms with Gasteiger partial charge in [-0.1, -0.05) is 60.7 Å². The highest BCUT2D eigenvalue weighted by atomic mass is 32.2. The van der Waals surface area contributed by atoms with E-state index in [4.69, 9.17) is 9.47 Å². The average Bonchev–Trinajstić information content (AvgIpc) is 3.75. The van der Waals surface area contributed by atoms with E-state index >= 15 is 0 Å². The number of hydrogen-bond acceptors (Lipinski definition) is 6. The smallest absolute Gasteiger partial charge is 0.267 e. The normalized spacial score (nSPS) is 16.2. The second kappa shape index (κ2) is 11.9. The summed E-state index contributed by atoms with van der Waals surface area (Å²) in [6.07, 6.45) is 1.84. The highest BCUT2D eigenvalue weighted by molar-refractivity contribution is 7.90. The van der Waals surface area contributed by atoms with E-state index in [0.29, 0.717) is 12.4 Å². The zero-order valence-electron chi connectivity index (χ0n) is 21.9. The zero-order chi connectivity index (χ0) is 27.4. The Bertz CT molecular complexity index is 1350. The Morgan fingerprint density at radius 3 is 2.21 bits per heavy atom. The molecule has 3 aromatic rings. The van der Waals surface area contributed by atoms with E-state index in [1.165, 1.54) is 30.4 Å². The van der Waals surface area contributed by atoms with Crippen LogP contribution < -0.4 is 9.46 Å². The van der Waals surface area contributed by atoms with Crippen LogP contribution in [0.5, 0.6) is 5.75 Å². The predicted octanol–water partition coefficient (Wildman–Crippen LogP) is 4.51. The third-order valence-electron chi connectivity index (χ3n) is 7.22. The number of likely N-dealkylation sites (tertiary alicyclic amines) is 1. The maximum atomic E-state index is 15.0. The highest BCUT2D eigenvalue weighted by Crippen LogP contribution is 2.45. The second-order valence-electron chi connectivity index (χ2n) is 10.2. The number of nitrogens with zero attached hydrogens (tertiary/aromatic N) is 1. The highest BCUT2D eigenvalue weighted by Gasteiger charge is 2.35. The molecule has 0 unspecified atom stereocenters. The molecule has 2 fully saturated rings. The summed E-state index contributed by atoms with van der Waals surface area (Å²) in [5.41, 5.74) is 2.92. The van der Waals surface area contributed by atoms with E-state index in [9.17, 15) is 17.6 Å². The lowest BCUT2D eigenvalue weighted by molar-refractivity contribution is 0.0375. The summed E-state index contributed by atoms with van der Waals surface area (Å²) in [6, 6.07) is 23.7. The number of rotatable bonds is 12. The molecule has 0 aromatic heterocycles. The molecule has 1 saturated heterocycles. The van der Waals surface area contributed by atoms with Gasteiger partial charge in [0.2, 0.25) is 10.0 Å². The maximum absolute atomic E-state index is 15.0. The number of amides is 1. The maximum Gasteiger partial charge on any atom is 0.267 e. The molecule has 1 saturated carbocycles. The Morgan fingerprint density at radius 2 is 1.64 bits per heavy atom. The molecule has 7 nitrogen and oxygen atoms in total. The van der Waals surface area contributed by atoms with Gasteiger partial charge in [0.15, 0.2) is 0 Å². The Morgan fingerprint density at radius 1 is 1.03 bits per heavy atom. The molecule has 1 N–H and O–H groups in total. The molecular weight excluding hydrogens is 519 g/mol. The minimum atomic E-state index is -3.93. The van der Waals surface area contributed by atoms with Crippen LogP contribution in [0.1, 0.15) is 51.8 Å². The first-order valence-corrected chi connectivity index (χ1v) is 14.8. The van der Waals surface area contributed by atoms with Gasteiger partial charge in [0.25, 0.3) is 5.91 Å². The van der Waals surface area contributed by atoms with E-state index in [2.05, 4.69) is 53.4 Å². The molecule has 1 heterocycles. The molecule has 0 bridgehead atoms. The van der Waals surface area contributed by atoms with E-state index in [-0.39, 0.29) is 35.8 Å². The van der Waals surface area contributed by atoms with Crippen molar-refractivity contribution in [3.8, 4) is 5.75 Å². The number of carbonyl (C=O) groups excluding carboxylic acids is 1. The van der Waals surface area contributed by atoms with Crippen molar-refractivity contribution in [3.63, 3.8) is 0 Å². The minimum absolute atomic E-state index is 0.0682. The van der Waals surface area contributed by atoms with Crippen molar-refractivity contribution in [1.29, 1.82) is 0 Å². The van der Waals surface area contributed by atoms with Crippen molar-refractivity contribution < 1.29 is 27.1 Å². The van der Waals surface area contributed by atoms with Gasteiger partial charge in [-0.25, -0.2) is 17.5 Å². The number of halogens is 1. The van der Waals surface area contributed by atoms with Crippen LogP contribution in [0.15, 0.2) is 72.8 Å². The molecule has 9 heteroatoms. The van der Waals surface area contributed by atoms with Gasteiger partial charge >= 0.3 is 0 Å². The van der Waals surface area contributed by atoms with Crippen LogP contribution in [0, 0.1) is 11.7 Å². The van der Waals surface area contributed by atoms with E-state index < -0.39 is 21.7 Å². The molecule has 1 aliphatic carbocycles. The predicted molar refractivity (Wildman–Crippen MR) is 147 cm³/mol. The van der Waals surface area contributed by atoms with Gasteiger partial charge in [0, 0.05) is 32.2 Å². The quantitative estimate of drug-likeness (QED) is 0.356. The number of ether oxygens (including phenoxy) is 2. The van der Waals surface area contributed by atoms with Gasteiger partial charge in [0.1, 0.15) is 11.6 Å². The van der Waals surface area contributed by atoms with Crippen LogP contribution in [0.25, 0.3) is 0 Å². The topological polar surface area (TPSA) is 84.9 Å². The third-order valence-corrected chi connectivity index (χ3v) is 8.42. The number of nitrogens with one attached hydrogen (secondary N) is 1. The van der Waals surface area contributed by atoms with Crippen molar-refractivity contribution in [1.82, 2.24) is 9.62 Å². The number of methoxy groups -OCH3 is 1. The summed E-state index contributed by atoms with van der Waals surface area (Å²) in [6.45, 7) is 2.05. The first-order valence-electron chi connectivity index (χ1n) is 13.2. The van der Waals surface area contributed by atoms with Crippen molar-refractivity contribution >= 4 is 15.9 Å². The Labute approximate surface area is 229 Å². The molecule has 0 radical (unpaired) electrons. The summed E-state index contributed by atoms with van der Waals surface area (Å²) < 4.78 is 52.0. The Hall–Kier alpha value is -3.27. The first kappa shape index (κ1) is 27.3. The van der Waals surface area contributed by atoms with E-state index in [0.717, 1.165) is 31.5 Å². The number of benzene rings is 3. The largest absolute Gasteiger partial charge is 0.493 e. The fraction of sp³-hybridized carbons (Fsp3) is 0.367. The summed E-state index contributed by atoms with van der Waals surface area (Å²) in [5, 5.41) is 0. The fourth-order valence-electron chi connectivity index (χ4n) is 5.04. The van der Waals surface area contributed by atoms with E-state index in [1.54, 1.807) is 0 Å². The first-order chi connectivity index (χ1) is 18.8. The number of carbonyl (C=O) groups is 1. The SMILES string of the molecule is COCCS(=O)(=O)NC(=O)c1cc(C2CC2)c(OCC2CN(C(c3ccccc3)c3ccccc3)C2)cc1F. The van der Waals surface area contributed by atoms with Crippen LogP contribution in [0.3, 0.4) is 0 Å². The number of sulfonamides is 1. The van der Waals surface area contributed by atoms with Crippen LogP contribution in [0.2, 0.25) is 0 Å². The third kappa shape index (κ3) is 6.66. The minimum Gasteiger partial charge on any atom is -0.493 e. The molecule has 1 amide bonds. The number of hydrogen-bond donors (Lipinski definition) is 1. The van der Waals surface area contributed by atoms with Crippen molar-refractivity contribution in [2.75, 3.05) is 39.2 Å². The second-order valence-corrected chi connectivity index (χ2v) is 12.1. The van der Waals surface area contributed by atoms with Crippen LogP contribution in [-0.2, 0) is 14.8 Å². The molecule has 206 valence electrons. The fourth-order valence-corrected chi connectivity index (χ4v) is 5.92. The summed E-state index contributed by atoms with van der Waals surface area (Å²) in [7, 11) is -2.57. The van der Waals surface area contributed by atoms with Gasteiger partial charge < -0.3 is 9.47 Å². The lowest BCUT2D eigenvalue weighted by Crippen LogP contribution is -2.51. The van der Waals surface area contributed by atoms with Crippen molar-refractivity contribution in [2.45, 2.75) is 24.8 Å². The Balaban J connectivity index is 1.25. The standard InChI is InChI=1S/C30H33FN2O5S/c1-37-14-15-39(35,36)32-30(34)26-16-25(22-12-13-22)28(17-27(26)31)38-20-21-18-33(19-21)29(23-8-4-2-5-9-23)24-10-6-3-7-11-24/h2-11,16-17,21-22,29H,12-15,18-20H2,1H3,(H,32,34). The van der Waals surface area contributed by atoms with Gasteiger partial charge in [-0.3, -0.25) is 9.69 Å². The Kier molecular flexibility index (Phi) is 8.30. The molecule has 2 aliphatic rings. The molecule has 3 aromatic carbocycles. The lowest BCUT2D eigenvalue weighted by Gasteiger charge is -2.44. The molecule has 0 atom stereocenters. The summed E-state index contributed by atoms with van der Waals surface area (Å²) in [5.74, 6) is -1.30. The van der Waals surface area contributed by atoms with Crippen LogP contribution in [-0.4, -0.2) is 58.4 Å². The van der Waals surface area contributed by atoms with Gasteiger partial charge in [-0.2, -0.15) is 0 Å². The van der Waals surface area contributed by atoms with Gasteiger partial charge in [-0.05, 0) is 41.5 Å².